The highest BCUT2D eigenvalue weighted by atomic mass is 16.3. The number of aliphatic hydroxyl groups excluding tert-OH is 1. The lowest BCUT2D eigenvalue weighted by Gasteiger charge is -2.39. The molecule has 0 radical (unpaired) electrons. The second-order valence-corrected chi connectivity index (χ2v) is 4.65. The van der Waals surface area contributed by atoms with Gasteiger partial charge in [0.2, 0.25) is 5.91 Å². The van der Waals surface area contributed by atoms with E-state index in [0.29, 0.717) is 25.4 Å². The average molecular weight is 212 g/mol. The third-order valence-corrected chi connectivity index (χ3v) is 3.10. The predicted molar refractivity (Wildman–Crippen MR) is 57.0 cm³/mol. The molecule has 1 aliphatic heterocycles. The topological polar surface area (TPSA) is 43.8 Å². The minimum atomic E-state index is -0.319. The number of carbonyl (C=O) groups excluding carboxylic acids is 1. The van der Waals surface area contributed by atoms with Crippen molar-refractivity contribution in [2.45, 2.75) is 51.2 Å². The van der Waals surface area contributed by atoms with E-state index in [1.54, 1.807) is 6.92 Å². The summed E-state index contributed by atoms with van der Waals surface area (Å²) in [6, 6.07) is 0.600. The van der Waals surface area contributed by atoms with Gasteiger partial charge in [0.25, 0.3) is 0 Å². The first-order chi connectivity index (χ1) is 7.18. The molecule has 1 saturated carbocycles. The van der Waals surface area contributed by atoms with Crippen LogP contribution in [0.1, 0.15) is 39.0 Å². The van der Waals surface area contributed by atoms with Gasteiger partial charge in [0.05, 0.1) is 6.10 Å². The standard InChI is InChI=1S/C11H20N2O2/c1-9(14)6-8-13-11(15)3-2-7-12(13)10-4-5-10/h9-10,14H,2-8H2,1H3. The number of nitrogens with zero attached hydrogens (tertiary/aromatic N) is 2. The summed E-state index contributed by atoms with van der Waals surface area (Å²) in [4.78, 5) is 11.8. The number of aliphatic hydroxyl groups is 1. The van der Waals surface area contributed by atoms with Crippen LogP contribution in [0.25, 0.3) is 0 Å². The van der Waals surface area contributed by atoms with Crippen LogP contribution in [0.15, 0.2) is 0 Å². The highest BCUT2D eigenvalue weighted by Gasteiger charge is 2.36. The molecule has 1 amide bonds. The van der Waals surface area contributed by atoms with Crippen molar-refractivity contribution in [3.05, 3.63) is 0 Å². The Morgan fingerprint density at radius 1 is 1.53 bits per heavy atom. The largest absolute Gasteiger partial charge is 0.393 e. The zero-order valence-corrected chi connectivity index (χ0v) is 9.35. The molecule has 1 heterocycles. The fourth-order valence-electron chi connectivity index (χ4n) is 2.10. The van der Waals surface area contributed by atoms with Crippen LogP contribution < -0.4 is 0 Å². The highest BCUT2D eigenvalue weighted by molar-refractivity contribution is 5.76. The number of carbonyl (C=O) groups is 1. The summed E-state index contributed by atoms with van der Waals surface area (Å²) in [5.41, 5.74) is 0. The van der Waals surface area contributed by atoms with Gasteiger partial charge in [-0.1, -0.05) is 0 Å². The summed E-state index contributed by atoms with van der Waals surface area (Å²) in [6.07, 6.45) is 4.45. The van der Waals surface area contributed by atoms with Gasteiger partial charge in [-0.05, 0) is 32.6 Å². The summed E-state index contributed by atoms with van der Waals surface area (Å²) >= 11 is 0. The molecule has 1 saturated heterocycles. The van der Waals surface area contributed by atoms with Crippen LogP contribution in [-0.2, 0) is 4.79 Å². The van der Waals surface area contributed by atoms with E-state index in [-0.39, 0.29) is 12.0 Å². The number of amides is 1. The molecule has 2 aliphatic rings. The van der Waals surface area contributed by atoms with Crippen LogP contribution in [-0.4, -0.2) is 46.3 Å². The first kappa shape index (κ1) is 10.9. The SMILES string of the molecule is CC(O)CCN1C(=O)CCCN1C1CC1. The molecule has 2 fully saturated rings. The van der Waals surface area contributed by atoms with Gasteiger partial charge >= 0.3 is 0 Å². The lowest BCUT2D eigenvalue weighted by molar-refractivity contribution is -0.157. The van der Waals surface area contributed by atoms with Crippen LogP contribution in [0.3, 0.4) is 0 Å². The van der Waals surface area contributed by atoms with E-state index in [2.05, 4.69) is 5.01 Å². The van der Waals surface area contributed by atoms with Gasteiger partial charge in [-0.3, -0.25) is 9.80 Å². The van der Waals surface area contributed by atoms with Gasteiger partial charge in [-0.15, -0.1) is 0 Å². The number of hydrazine groups is 1. The van der Waals surface area contributed by atoms with Crippen molar-refractivity contribution < 1.29 is 9.90 Å². The van der Waals surface area contributed by atoms with Gasteiger partial charge in [0.15, 0.2) is 0 Å². The van der Waals surface area contributed by atoms with Crippen LogP contribution in [0, 0.1) is 0 Å². The van der Waals surface area contributed by atoms with E-state index in [4.69, 9.17) is 0 Å². The van der Waals surface area contributed by atoms with Crippen LogP contribution in [0.4, 0.5) is 0 Å². The normalized spacial score (nSPS) is 25.7. The van der Waals surface area contributed by atoms with Crippen molar-refractivity contribution in [2.24, 2.45) is 0 Å². The molecule has 0 bridgehead atoms. The quantitative estimate of drug-likeness (QED) is 0.748. The average Bonchev–Trinajstić information content (AvgIpc) is 2.98. The van der Waals surface area contributed by atoms with Crippen molar-refractivity contribution in [3.63, 3.8) is 0 Å². The fourth-order valence-corrected chi connectivity index (χ4v) is 2.10. The molecule has 1 unspecified atom stereocenters. The molecule has 0 aromatic rings. The van der Waals surface area contributed by atoms with Crippen molar-refractivity contribution in [3.8, 4) is 0 Å². The van der Waals surface area contributed by atoms with Gasteiger partial charge in [-0.25, -0.2) is 5.01 Å². The number of hydrogen-bond acceptors (Lipinski definition) is 3. The van der Waals surface area contributed by atoms with E-state index >= 15 is 0 Å². The Balaban J connectivity index is 1.92. The van der Waals surface area contributed by atoms with Crippen molar-refractivity contribution in [1.82, 2.24) is 10.0 Å². The molecule has 0 aromatic heterocycles. The maximum absolute atomic E-state index is 11.8. The van der Waals surface area contributed by atoms with E-state index in [9.17, 15) is 9.90 Å². The minimum absolute atomic E-state index is 0.230. The smallest absolute Gasteiger partial charge is 0.236 e. The van der Waals surface area contributed by atoms with E-state index < -0.39 is 0 Å². The van der Waals surface area contributed by atoms with Crippen molar-refractivity contribution >= 4 is 5.91 Å². The van der Waals surface area contributed by atoms with Gasteiger partial charge in [-0.2, -0.15) is 0 Å². The Morgan fingerprint density at radius 2 is 2.27 bits per heavy atom. The Kier molecular flexibility index (Phi) is 3.26. The lowest BCUT2D eigenvalue weighted by Crippen LogP contribution is -2.52. The third kappa shape index (κ3) is 2.69. The highest BCUT2D eigenvalue weighted by Crippen LogP contribution is 2.30. The van der Waals surface area contributed by atoms with Crippen molar-refractivity contribution in [2.75, 3.05) is 13.1 Å². The van der Waals surface area contributed by atoms with Gasteiger partial charge in [0, 0.05) is 25.6 Å². The molecule has 15 heavy (non-hydrogen) atoms. The molecule has 0 spiro atoms. The van der Waals surface area contributed by atoms with Gasteiger partial charge < -0.3 is 5.11 Å². The monoisotopic (exact) mass is 212 g/mol. The third-order valence-electron chi connectivity index (χ3n) is 3.10. The zero-order chi connectivity index (χ0) is 10.8. The molecular formula is C11H20N2O2. The van der Waals surface area contributed by atoms with Crippen LogP contribution in [0.5, 0.6) is 0 Å². The number of rotatable bonds is 4. The molecule has 4 nitrogen and oxygen atoms in total. The van der Waals surface area contributed by atoms with E-state index in [1.165, 1.54) is 12.8 Å². The summed E-state index contributed by atoms with van der Waals surface area (Å²) < 4.78 is 0. The Hall–Kier alpha value is -0.610. The molecule has 1 aliphatic carbocycles. The lowest BCUT2D eigenvalue weighted by atomic mass is 10.2. The van der Waals surface area contributed by atoms with Gasteiger partial charge in [0.1, 0.15) is 0 Å². The van der Waals surface area contributed by atoms with E-state index in [0.717, 1.165) is 13.0 Å². The summed E-state index contributed by atoms with van der Waals surface area (Å²) in [6.45, 7) is 3.46. The molecule has 4 heteroatoms. The Labute approximate surface area is 90.8 Å². The molecule has 1 atom stereocenters. The summed E-state index contributed by atoms with van der Waals surface area (Å²) in [5.74, 6) is 0.230. The van der Waals surface area contributed by atoms with Crippen LogP contribution in [0.2, 0.25) is 0 Å². The first-order valence-electron chi connectivity index (χ1n) is 5.93. The first-order valence-corrected chi connectivity index (χ1v) is 5.93. The molecule has 1 N–H and O–H groups in total. The maximum Gasteiger partial charge on any atom is 0.236 e. The van der Waals surface area contributed by atoms with E-state index in [1.807, 2.05) is 5.01 Å². The molecule has 0 aromatic carbocycles. The minimum Gasteiger partial charge on any atom is -0.393 e. The number of hydrogen-bond donors (Lipinski definition) is 1. The Bertz CT molecular complexity index is 239. The summed E-state index contributed by atoms with van der Waals surface area (Å²) in [5, 5.41) is 13.3. The second-order valence-electron chi connectivity index (χ2n) is 4.65. The predicted octanol–water partition coefficient (Wildman–Crippen LogP) is 0.759. The fraction of sp³-hybridized carbons (Fsp3) is 0.909. The summed E-state index contributed by atoms with van der Waals surface area (Å²) in [7, 11) is 0. The maximum atomic E-state index is 11.8. The van der Waals surface area contributed by atoms with Crippen molar-refractivity contribution in [1.29, 1.82) is 0 Å². The Morgan fingerprint density at radius 3 is 2.87 bits per heavy atom. The second kappa shape index (κ2) is 4.49. The molecule has 86 valence electrons. The van der Waals surface area contributed by atoms with Crippen LogP contribution >= 0.6 is 0 Å². The molecular weight excluding hydrogens is 192 g/mol. The zero-order valence-electron chi connectivity index (χ0n) is 9.35. The molecule has 2 rings (SSSR count).